The van der Waals surface area contributed by atoms with E-state index >= 15 is 0 Å². The number of carbonyl (C=O) groups is 1. The Morgan fingerprint density at radius 1 is 1.42 bits per heavy atom. The van der Waals surface area contributed by atoms with Gasteiger partial charge in [0, 0.05) is 12.3 Å². The van der Waals surface area contributed by atoms with Crippen molar-refractivity contribution in [1.82, 2.24) is 4.98 Å². The first-order chi connectivity index (χ1) is 5.92. The molecule has 0 radical (unpaired) electrons. The fourth-order valence-corrected chi connectivity index (χ4v) is 1.08. The molecule has 0 aliphatic carbocycles. The molecule has 1 aromatic heterocycles. The molecule has 0 fully saturated rings. The zero-order valence-electron chi connectivity index (χ0n) is 6.32. The highest BCUT2D eigenvalue weighted by Gasteiger charge is 2.15. The van der Waals surface area contributed by atoms with Gasteiger partial charge in [0.25, 0.3) is 0 Å². The van der Waals surface area contributed by atoms with Crippen LogP contribution in [0.4, 0.5) is 0 Å². The largest absolute Gasteiger partial charge is 0.486 e. The van der Waals surface area contributed by atoms with Crippen LogP contribution in [0.1, 0.15) is 10.5 Å². The van der Waals surface area contributed by atoms with Gasteiger partial charge in [-0.25, -0.2) is 4.98 Å². The van der Waals surface area contributed by atoms with E-state index in [-0.39, 0.29) is 0 Å². The molecule has 0 atom stereocenters. The number of aldehydes is 1. The molecule has 0 saturated carbocycles. The number of aromatic nitrogens is 1. The second-order valence-corrected chi connectivity index (χ2v) is 2.34. The number of carbonyl (C=O) groups excluding carboxylic acids is 1. The van der Waals surface area contributed by atoms with Crippen LogP contribution in [-0.2, 0) is 0 Å². The Bertz CT molecular complexity index is 311. The number of ether oxygens (including phenoxy) is 2. The van der Waals surface area contributed by atoms with Gasteiger partial charge in [-0.15, -0.1) is 0 Å². The average Bonchev–Trinajstić information content (AvgIpc) is 2.17. The normalized spacial score (nSPS) is 14.0. The summed E-state index contributed by atoms with van der Waals surface area (Å²) in [6, 6.07) is 1.68. The summed E-state index contributed by atoms with van der Waals surface area (Å²) in [6.07, 6.45) is 2.19. The van der Waals surface area contributed by atoms with Crippen LogP contribution in [0.2, 0.25) is 0 Å². The van der Waals surface area contributed by atoms with Gasteiger partial charge in [-0.2, -0.15) is 0 Å². The van der Waals surface area contributed by atoms with Crippen LogP contribution in [0.15, 0.2) is 12.3 Å². The summed E-state index contributed by atoms with van der Waals surface area (Å²) >= 11 is 0. The van der Waals surface area contributed by atoms with E-state index in [1.807, 2.05) is 0 Å². The monoisotopic (exact) mass is 165 g/mol. The third-order valence-electron chi connectivity index (χ3n) is 1.59. The lowest BCUT2D eigenvalue weighted by molar-refractivity contribution is 0.110. The van der Waals surface area contributed by atoms with Gasteiger partial charge < -0.3 is 9.47 Å². The minimum atomic E-state index is 0.298. The number of nitrogens with zero attached hydrogens (tertiary/aromatic N) is 1. The van der Waals surface area contributed by atoms with E-state index in [4.69, 9.17) is 9.47 Å². The fourth-order valence-electron chi connectivity index (χ4n) is 1.08. The minimum Gasteiger partial charge on any atom is -0.486 e. The van der Waals surface area contributed by atoms with Gasteiger partial charge in [-0.1, -0.05) is 0 Å². The molecule has 12 heavy (non-hydrogen) atoms. The van der Waals surface area contributed by atoms with Crippen LogP contribution in [0.5, 0.6) is 11.5 Å². The topological polar surface area (TPSA) is 48.4 Å². The highest BCUT2D eigenvalue weighted by atomic mass is 16.6. The van der Waals surface area contributed by atoms with Crippen molar-refractivity contribution < 1.29 is 14.3 Å². The molecule has 0 aromatic carbocycles. The van der Waals surface area contributed by atoms with Crippen LogP contribution in [-0.4, -0.2) is 24.5 Å². The Morgan fingerprint density at radius 3 is 3.08 bits per heavy atom. The van der Waals surface area contributed by atoms with E-state index in [2.05, 4.69) is 4.98 Å². The van der Waals surface area contributed by atoms with Crippen molar-refractivity contribution in [2.75, 3.05) is 13.2 Å². The maximum Gasteiger partial charge on any atom is 0.190 e. The first kappa shape index (κ1) is 7.09. The SMILES string of the molecule is O=Cc1nccc2c1OCCO2. The minimum absolute atomic E-state index is 0.298. The van der Waals surface area contributed by atoms with Crippen LogP contribution < -0.4 is 9.47 Å². The zero-order valence-corrected chi connectivity index (χ0v) is 6.32. The van der Waals surface area contributed by atoms with Crippen LogP contribution in [0.3, 0.4) is 0 Å². The first-order valence-electron chi connectivity index (χ1n) is 3.61. The predicted molar refractivity (Wildman–Crippen MR) is 40.6 cm³/mol. The Morgan fingerprint density at radius 2 is 2.25 bits per heavy atom. The maximum atomic E-state index is 10.5. The van der Waals surface area contributed by atoms with Gasteiger partial charge in [0.15, 0.2) is 17.8 Å². The van der Waals surface area contributed by atoms with Gasteiger partial charge in [-0.3, -0.25) is 4.79 Å². The molecule has 1 aliphatic rings. The molecule has 0 amide bonds. The van der Waals surface area contributed by atoms with Crippen molar-refractivity contribution in [3.8, 4) is 11.5 Å². The first-order valence-corrected chi connectivity index (χ1v) is 3.61. The molecule has 0 N–H and O–H groups in total. The van der Waals surface area contributed by atoms with Crippen molar-refractivity contribution in [2.24, 2.45) is 0 Å². The zero-order chi connectivity index (χ0) is 8.39. The lowest BCUT2D eigenvalue weighted by Gasteiger charge is -2.18. The molecule has 0 spiro atoms. The summed E-state index contributed by atoms with van der Waals surface area (Å²) in [4.78, 5) is 14.3. The lowest BCUT2D eigenvalue weighted by atomic mass is 10.3. The van der Waals surface area contributed by atoms with E-state index in [1.54, 1.807) is 6.07 Å². The van der Waals surface area contributed by atoms with Crippen LogP contribution in [0, 0.1) is 0 Å². The summed E-state index contributed by atoms with van der Waals surface area (Å²) in [7, 11) is 0. The van der Waals surface area contributed by atoms with Gasteiger partial charge >= 0.3 is 0 Å². The molecule has 0 saturated heterocycles. The fraction of sp³-hybridized carbons (Fsp3) is 0.250. The van der Waals surface area contributed by atoms with Crippen molar-refractivity contribution in [1.29, 1.82) is 0 Å². The Kier molecular flexibility index (Phi) is 1.66. The maximum absolute atomic E-state index is 10.5. The molecule has 62 valence electrons. The van der Waals surface area contributed by atoms with Gasteiger partial charge in [-0.05, 0) is 0 Å². The number of hydrogen-bond acceptors (Lipinski definition) is 4. The number of hydrogen-bond donors (Lipinski definition) is 0. The molecule has 1 aromatic rings. The third-order valence-corrected chi connectivity index (χ3v) is 1.59. The third kappa shape index (κ3) is 1.01. The quantitative estimate of drug-likeness (QED) is 0.574. The van der Waals surface area contributed by atoms with Crippen molar-refractivity contribution >= 4 is 6.29 Å². The van der Waals surface area contributed by atoms with E-state index in [1.165, 1.54) is 6.20 Å². The van der Waals surface area contributed by atoms with Crippen LogP contribution >= 0.6 is 0 Å². The Labute approximate surface area is 69.1 Å². The Balaban J connectivity index is 2.51. The molecule has 4 heteroatoms. The van der Waals surface area contributed by atoms with E-state index in [9.17, 15) is 4.79 Å². The summed E-state index contributed by atoms with van der Waals surface area (Å²) < 4.78 is 10.5. The van der Waals surface area contributed by atoms with Gasteiger partial charge in [0.2, 0.25) is 0 Å². The smallest absolute Gasteiger partial charge is 0.190 e. The van der Waals surface area contributed by atoms with Gasteiger partial charge in [0.05, 0.1) is 0 Å². The number of pyridine rings is 1. The molecule has 1 aliphatic heterocycles. The van der Waals surface area contributed by atoms with Crippen LogP contribution in [0.25, 0.3) is 0 Å². The molecule has 2 heterocycles. The van der Waals surface area contributed by atoms with Crippen molar-refractivity contribution in [3.05, 3.63) is 18.0 Å². The number of rotatable bonds is 1. The van der Waals surface area contributed by atoms with E-state index in [0.29, 0.717) is 36.7 Å². The molecule has 4 nitrogen and oxygen atoms in total. The van der Waals surface area contributed by atoms with Gasteiger partial charge in [0.1, 0.15) is 18.9 Å². The summed E-state index contributed by atoms with van der Waals surface area (Å²) in [5.41, 5.74) is 0.298. The number of fused-ring (bicyclic) bond motifs is 1. The second kappa shape index (κ2) is 2.81. The summed E-state index contributed by atoms with van der Waals surface area (Å²) in [6.45, 7) is 0.995. The second-order valence-electron chi connectivity index (χ2n) is 2.34. The van der Waals surface area contributed by atoms with E-state index in [0.717, 1.165) is 0 Å². The summed E-state index contributed by atoms with van der Waals surface area (Å²) in [5, 5.41) is 0. The molecule has 2 rings (SSSR count). The Hall–Kier alpha value is -1.58. The highest BCUT2D eigenvalue weighted by molar-refractivity contribution is 5.78. The predicted octanol–water partition coefficient (Wildman–Crippen LogP) is 0.665. The van der Waals surface area contributed by atoms with Crippen molar-refractivity contribution in [2.45, 2.75) is 0 Å². The molecular formula is C8H7NO3. The molecular weight excluding hydrogens is 158 g/mol. The lowest BCUT2D eigenvalue weighted by Crippen LogP contribution is -2.16. The van der Waals surface area contributed by atoms with Crippen molar-refractivity contribution in [3.63, 3.8) is 0 Å². The summed E-state index contributed by atoms with van der Waals surface area (Å²) in [5.74, 6) is 1.05. The molecule has 0 bridgehead atoms. The highest BCUT2D eigenvalue weighted by Crippen LogP contribution is 2.30. The average molecular weight is 165 g/mol. The standard InChI is InChI=1S/C8H7NO3/c10-5-6-8-7(1-2-9-6)11-3-4-12-8/h1-2,5H,3-4H2. The van der Waals surface area contributed by atoms with E-state index < -0.39 is 0 Å². The molecule has 0 unspecified atom stereocenters.